The Morgan fingerprint density at radius 3 is 2.43 bits per heavy atom. The fourth-order valence-electron chi connectivity index (χ4n) is 2.79. The van der Waals surface area contributed by atoms with Crippen LogP contribution in [0.1, 0.15) is 35.0 Å². The van der Waals surface area contributed by atoms with Crippen LogP contribution in [-0.2, 0) is 7.05 Å². The number of benzene rings is 2. The molecule has 0 unspecified atom stereocenters. The summed E-state index contributed by atoms with van der Waals surface area (Å²) >= 11 is 0. The minimum absolute atomic E-state index is 0.214. The molecule has 0 aliphatic heterocycles. The predicted octanol–water partition coefficient (Wildman–Crippen LogP) is 5.28. The van der Waals surface area contributed by atoms with Gasteiger partial charge in [0, 0.05) is 37.0 Å². The molecule has 0 bridgehead atoms. The second-order valence-electron chi connectivity index (χ2n) is 6.62. The van der Waals surface area contributed by atoms with Crippen molar-refractivity contribution in [2.24, 2.45) is 7.05 Å². The van der Waals surface area contributed by atoms with Crippen LogP contribution in [0.4, 0.5) is 23.2 Å². The molecule has 0 saturated heterocycles. The summed E-state index contributed by atoms with van der Waals surface area (Å²) in [6.07, 6.45) is -1.65. The van der Waals surface area contributed by atoms with E-state index in [2.05, 4.69) is 16.3 Å². The molecule has 1 heterocycles. The Bertz CT molecular complexity index is 1120. The van der Waals surface area contributed by atoms with Gasteiger partial charge in [0.2, 0.25) is 0 Å². The van der Waals surface area contributed by atoms with Gasteiger partial charge in [-0.15, -0.1) is 0 Å². The molecule has 0 radical (unpaired) electrons. The summed E-state index contributed by atoms with van der Waals surface area (Å²) in [5, 5.41) is 6.28. The number of rotatable bonds is 4. The summed E-state index contributed by atoms with van der Waals surface area (Å²) in [6.45, 7) is 0.717. The number of anilines is 1. The van der Waals surface area contributed by atoms with Gasteiger partial charge in [-0.05, 0) is 29.7 Å². The Morgan fingerprint density at radius 2 is 1.80 bits per heavy atom. The fraction of sp³-hybridized carbons (Fsp3) is 0.182. The van der Waals surface area contributed by atoms with Crippen LogP contribution in [-0.4, -0.2) is 21.6 Å². The summed E-state index contributed by atoms with van der Waals surface area (Å²) in [5.74, 6) is 0.466. The van der Waals surface area contributed by atoms with Crippen molar-refractivity contribution >= 4 is 11.6 Å². The molecule has 0 spiro atoms. The lowest BCUT2D eigenvalue weighted by molar-refractivity contribution is 0.0889. The quantitative estimate of drug-likeness (QED) is 0.465. The molecule has 0 atom stereocenters. The Morgan fingerprint density at radius 1 is 1.13 bits per heavy atom. The number of hydrogen-bond donors (Lipinski definition) is 1. The average Bonchev–Trinajstić information content (AvgIpc) is 3.09. The topological polar surface area (TPSA) is 46.9 Å². The first-order valence-corrected chi connectivity index (χ1v) is 8.87. The van der Waals surface area contributed by atoms with Crippen molar-refractivity contribution < 1.29 is 22.4 Å². The van der Waals surface area contributed by atoms with Crippen molar-refractivity contribution in [1.82, 2.24) is 9.78 Å². The molecule has 1 amide bonds. The zero-order valence-electron chi connectivity index (χ0n) is 16.1. The standard InChI is InChI=1S/C22H17F4N3O/c1-22(25,26)12-11-14-7-9-15(10-8-14)16-5-3-4-6-18(16)27-21(30)17-13-29(2)28-19(17)20(23)24/h3-10,13,20H,1-2H3,(H,27,30). The van der Waals surface area contributed by atoms with E-state index in [1.54, 1.807) is 48.5 Å². The molecule has 8 heteroatoms. The van der Waals surface area contributed by atoms with E-state index in [9.17, 15) is 22.4 Å². The maximum atomic E-state index is 13.1. The van der Waals surface area contributed by atoms with Gasteiger partial charge in [0.1, 0.15) is 5.69 Å². The minimum atomic E-state index is -3.08. The zero-order valence-corrected chi connectivity index (χ0v) is 16.1. The average molecular weight is 415 g/mol. The van der Waals surface area contributed by atoms with E-state index >= 15 is 0 Å². The third kappa shape index (κ3) is 5.06. The number of carbonyl (C=O) groups excluding carboxylic acids is 1. The second-order valence-corrected chi connectivity index (χ2v) is 6.62. The van der Waals surface area contributed by atoms with Gasteiger partial charge in [0.25, 0.3) is 12.3 Å². The summed E-state index contributed by atoms with van der Waals surface area (Å²) in [5.41, 5.74) is 1.34. The molecule has 1 N–H and O–H groups in total. The van der Waals surface area contributed by atoms with Crippen molar-refractivity contribution in [3.8, 4) is 23.0 Å². The molecule has 154 valence electrons. The Kier molecular flexibility index (Phi) is 5.92. The first kappa shape index (κ1) is 21.1. The molecular formula is C22H17F4N3O. The zero-order chi connectivity index (χ0) is 21.9. The largest absolute Gasteiger partial charge is 0.321 e. The number of nitrogens with zero attached hydrogens (tertiary/aromatic N) is 2. The summed E-state index contributed by atoms with van der Waals surface area (Å²) < 4.78 is 53.2. The van der Waals surface area contributed by atoms with E-state index in [0.717, 1.165) is 11.6 Å². The first-order chi connectivity index (χ1) is 14.1. The molecule has 0 saturated carbocycles. The maximum Gasteiger partial charge on any atom is 0.305 e. The second kappa shape index (κ2) is 8.41. The molecule has 1 aromatic heterocycles. The van der Waals surface area contributed by atoms with Gasteiger partial charge in [-0.2, -0.15) is 13.9 Å². The smallest absolute Gasteiger partial charge is 0.305 e. The van der Waals surface area contributed by atoms with Gasteiger partial charge in [-0.1, -0.05) is 36.3 Å². The highest BCUT2D eigenvalue weighted by Crippen LogP contribution is 2.29. The van der Waals surface area contributed by atoms with Crippen LogP contribution in [0, 0.1) is 11.8 Å². The van der Waals surface area contributed by atoms with E-state index < -0.39 is 23.9 Å². The van der Waals surface area contributed by atoms with Gasteiger partial charge in [-0.3, -0.25) is 9.48 Å². The molecule has 2 aromatic carbocycles. The molecule has 0 fully saturated rings. The van der Waals surface area contributed by atoms with E-state index in [4.69, 9.17) is 0 Å². The highest BCUT2D eigenvalue weighted by Gasteiger charge is 2.23. The van der Waals surface area contributed by atoms with Crippen molar-refractivity contribution in [2.45, 2.75) is 19.3 Å². The van der Waals surface area contributed by atoms with Crippen LogP contribution in [0.3, 0.4) is 0 Å². The molecule has 30 heavy (non-hydrogen) atoms. The predicted molar refractivity (Wildman–Crippen MR) is 105 cm³/mol. The van der Waals surface area contributed by atoms with Crippen molar-refractivity contribution in [2.75, 3.05) is 5.32 Å². The van der Waals surface area contributed by atoms with Crippen molar-refractivity contribution in [1.29, 1.82) is 0 Å². The number of para-hydroxylation sites is 1. The highest BCUT2D eigenvalue weighted by atomic mass is 19.3. The minimum Gasteiger partial charge on any atom is -0.321 e. The lowest BCUT2D eigenvalue weighted by atomic mass is 10.0. The first-order valence-electron chi connectivity index (χ1n) is 8.87. The Balaban J connectivity index is 1.88. The van der Waals surface area contributed by atoms with Gasteiger partial charge in [-0.25, -0.2) is 8.78 Å². The Labute approximate surface area is 170 Å². The van der Waals surface area contributed by atoms with Gasteiger partial charge in [0.15, 0.2) is 0 Å². The molecule has 0 aliphatic carbocycles. The summed E-state index contributed by atoms with van der Waals surface area (Å²) in [4.78, 5) is 12.6. The van der Waals surface area contributed by atoms with Crippen LogP contribution in [0.5, 0.6) is 0 Å². The lowest BCUT2D eigenvalue weighted by Gasteiger charge is -2.11. The summed E-state index contributed by atoms with van der Waals surface area (Å²) in [6, 6.07) is 13.4. The van der Waals surface area contributed by atoms with Crippen LogP contribution in [0.2, 0.25) is 0 Å². The molecule has 4 nitrogen and oxygen atoms in total. The fourth-order valence-corrected chi connectivity index (χ4v) is 2.79. The van der Waals surface area contributed by atoms with Crippen LogP contribution >= 0.6 is 0 Å². The number of alkyl halides is 4. The molecular weight excluding hydrogens is 398 g/mol. The van der Waals surface area contributed by atoms with E-state index in [0.29, 0.717) is 22.4 Å². The number of nitrogens with one attached hydrogen (secondary N) is 1. The van der Waals surface area contributed by atoms with E-state index in [1.807, 2.05) is 5.92 Å². The normalized spacial score (nSPS) is 11.2. The number of halogens is 4. The number of carbonyl (C=O) groups is 1. The highest BCUT2D eigenvalue weighted by molar-refractivity contribution is 6.06. The Hall–Kier alpha value is -3.60. The van der Waals surface area contributed by atoms with Crippen LogP contribution < -0.4 is 5.32 Å². The van der Waals surface area contributed by atoms with Gasteiger partial charge in [0.05, 0.1) is 5.56 Å². The van der Waals surface area contributed by atoms with E-state index in [1.165, 1.54) is 13.2 Å². The van der Waals surface area contributed by atoms with E-state index in [-0.39, 0.29) is 5.56 Å². The number of hydrogen-bond acceptors (Lipinski definition) is 2. The molecule has 0 aliphatic rings. The van der Waals surface area contributed by atoms with Crippen molar-refractivity contribution in [3.05, 3.63) is 71.5 Å². The number of aromatic nitrogens is 2. The number of aryl methyl sites for hydroxylation is 1. The molecule has 3 rings (SSSR count). The maximum absolute atomic E-state index is 13.1. The van der Waals surface area contributed by atoms with Crippen molar-refractivity contribution in [3.63, 3.8) is 0 Å². The van der Waals surface area contributed by atoms with Gasteiger partial charge < -0.3 is 5.32 Å². The van der Waals surface area contributed by atoms with Crippen LogP contribution in [0.15, 0.2) is 54.7 Å². The number of amides is 1. The molecule has 3 aromatic rings. The van der Waals surface area contributed by atoms with Crippen LogP contribution in [0.25, 0.3) is 11.1 Å². The monoisotopic (exact) mass is 415 g/mol. The third-order valence-corrected chi connectivity index (χ3v) is 4.11. The summed E-state index contributed by atoms with van der Waals surface area (Å²) in [7, 11) is 1.45. The SMILES string of the molecule is Cn1cc(C(=O)Nc2ccccc2-c2ccc(C#CC(C)(F)F)cc2)c(C(F)F)n1. The lowest BCUT2D eigenvalue weighted by Crippen LogP contribution is -2.14. The third-order valence-electron chi connectivity index (χ3n) is 4.11. The van der Waals surface area contributed by atoms with Gasteiger partial charge >= 0.3 is 5.92 Å².